The number of carboxylic acid groups (broad SMARTS) is 1. The number of aromatic nitrogens is 1. The Hall–Kier alpha value is -1.29. The van der Waals surface area contributed by atoms with Gasteiger partial charge in [-0.05, 0) is 19.1 Å². The Bertz CT molecular complexity index is 314. The number of anilines is 1. The number of nitrogens with zero attached hydrogens (tertiary/aromatic N) is 1. The normalized spacial score (nSPS) is 9.50. The molecule has 0 bridgehead atoms. The highest BCUT2D eigenvalue weighted by atomic mass is 35.5. The monoisotopic (exact) mass is 186 g/mol. The number of halogens is 1. The highest BCUT2D eigenvalue weighted by Gasteiger charge is 2.02. The summed E-state index contributed by atoms with van der Waals surface area (Å²) in [7, 11) is 0. The molecule has 0 spiro atoms. The number of rotatable bonds is 1. The van der Waals surface area contributed by atoms with Crippen molar-refractivity contribution in [3.63, 3.8) is 0 Å². The molecule has 0 aliphatic carbocycles. The topological polar surface area (TPSA) is 62.2 Å². The van der Waals surface area contributed by atoms with Gasteiger partial charge in [-0.3, -0.25) is 5.32 Å². The molecule has 0 aliphatic rings. The van der Waals surface area contributed by atoms with Gasteiger partial charge < -0.3 is 5.11 Å². The molecular formula is C7H7ClN2O2. The van der Waals surface area contributed by atoms with E-state index >= 15 is 0 Å². The molecule has 1 heterocycles. The molecule has 5 heteroatoms. The van der Waals surface area contributed by atoms with Crippen LogP contribution in [0.2, 0.25) is 5.15 Å². The van der Waals surface area contributed by atoms with Crippen LogP contribution in [0.1, 0.15) is 5.69 Å². The summed E-state index contributed by atoms with van der Waals surface area (Å²) in [4.78, 5) is 14.1. The molecule has 64 valence electrons. The van der Waals surface area contributed by atoms with E-state index in [4.69, 9.17) is 16.7 Å². The summed E-state index contributed by atoms with van der Waals surface area (Å²) in [5, 5.41) is 10.9. The van der Waals surface area contributed by atoms with Gasteiger partial charge in [0.25, 0.3) is 0 Å². The number of nitrogens with one attached hydrogen (secondary N) is 1. The zero-order valence-electron chi connectivity index (χ0n) is 6.34. The maximum absolute atomic E-state index is 10.2. The van der Waals surface area contributed by atoms with Gasteiger partial charge in [-0.2, -0.15) is 0 Å². The van der Waals surface area contributed by atoms with E-state index in [9.17, 15) is 4.79 Å². The van der Waals surface area contributed by atoms with E-state index in [0.29, 0.717) is 16.5 Å². The third kappa shape index (κ3) is 2.10. The lowest BCUT2D eigenvalue weighted by Gasteiger charge is -2.03. The first-order valence-corrected chi connectivity index (χ1v) is 3.60. The molecule has 0 aromatic carbocycles. The Morgan fingerprint density at radius 2 is 2.33 bits per heavy atom. The van der Waals surface area contributed by atoms with Gasteiger partial charge in [0.1, 0.15) is 5.15 Å². The minimum absolute atomic E-state index is 0.350. The first-order chi connectivity index (χ1) is 5.59. The maximum atomic E-state index is 10.2. The fourth-order valence-electron chi connectivity index (χ4n) is 0.778. The SMILES string of the molecule is Cc1nc(Cl)ccc1NC(=O)O. The van der Waals surface area contributed by atoms with Crippen LogP contribution in [0, 0.1) is 6.92 Å². The maximum Gasteiger partial charge on any atom is 0.409 e. The number of hydrogen-bond acceptors (Lipinski definition) is 2. The molecule has 2 N–H and O–H groups in total. The van der Waals surface area contributed by atoms with Crippen molar-refractivity contribution in [1.82, 2.24) is 4.98 Å². The highest BCUT2D eigenvalue weighted by molar-refractivity contribution is 6.29. The Kier molecular flexibility index (Phi) is 2.50. The quantitative estimate of drug-likeness (QED) is 0.661. The van der Waals surface area contributed by atoms with Crippen molar-refractivity contribution in [3.05, 3.63) is 23.0 Å². The van der Waals surface area contributed by atoms with Crippen molar-refractivity contribution >= 4 is 23.4 Å². The molecule has 0 atom stereocenters. The van der Waals surface area contributed by atoms with Crippen LogP contribution in [-0.4, -0.2) is 16.2 Å². The van der Waals surface area contributed by atoms with E-state index in [-0.39, 0.29) is 0 Å². The summed E-state index contributed by atoms with van der Waals surface area (Å²) in [5.41, 5.74) is 1.01. The minimum Gasteiger partial charge on any atom is -0.465 e. The smallest absolute Gasteiger partial charge is 0.409 e. The van der Waals surface area contributed by atoms with E-state index in [0.717, 1.165) is 0 Å². The third-order valence-corrected chi connectivity index (χ3v) is 1.50. The lowest BCUT2D eigenvalue weighted by molar-refractivity contribution is 0.209. The Morgan fingerprint density at radius 1 is 1.67 bits per heavy atom. The molecule has 12 heavy (non-hydrogen) atoms. The van der Waals surface area contributed by atoms with Gasteiger partial charge in [0.05, 0.1) is 11.4 Å². The molecule has 1 aromatic heterocycles. The standard InChI is InChI=1S/C7H7ClN2O2/c1-4-5(10-7(11)12)2-3-6(8)9-4/h2-3,10H,1H3,(H,11,12). The molecule has 0 aliphatic heterocycles. The molecule has 0 saturated heterocycles. The van der Waals surface area contributed by atoms with Crippen LogP contribution >= 0.6 is 11.6 Å². The molecule has 0 fully saturated rings. The van der Waals surface area contributed by atoms with Crippen molar-refractivity contribution in [1.29, 1.82) is 0 Å². The second kappa shape index (κ2) is 3.40. The largest absolute Gasteiger partial charge is 0.465 e. The van der Waals surface area contributed by atoms with Crippen molar-refractivity contribution in [3.8, 4) is 0 Å². The average molecular weight is 187 g/mol. The molecule has 0 saturated carbocycles. The van der Waals surface area contributed by atoms with Gasteiger partial charge in [0, 0.05) is 0 Å². The van der Waals surface area contributed by atoms with Crippen molar-refractivity contribution in [2.24, 2.45) is 0 Å². The Morgan fingerprint density at radius 3 is 2.83 bits per heavy atom. The lowest BCUT2D eigenvalue weighted by Crippen LogP contribution is -2.08. The van der Waals surface area contributed by atoms with Crippen LogP contribution in [0.25, 0.3) is 0 Å². The summed E-state index contributed by atoms with van der Waals surface area (Å²) < 4.78 is 0. The average Bonchev–Trinajstić information content (AvgIpc) is 1.94. The zero-order valence-corrected chi connectivity index (χ0v) is 7.09. The van der Waals surface area contributed by atoms with Gasteiger partial charge in [-0.25, -0.2) is 9.78 Å². The van der Waals surface area contributed by atoms with Crippen LogP contribution in [0.4, 0.5) is 10.5 Å². The number of pyridine rings is 1. The predicted molar refractivity (Wildman–Crippen MR) is 45.6 cm³/mol. The number of carbonyl (C=O) groups is 1. The van der Waals surface area contributed by atoms with Gasteiger partial charge in [-0.15, -0.1) is 0 Å². The second-order valence-electron chi connectivity index (χ2n) is 2.20. The van der Waals surface area contributed by atoms with Gasteiger partial charge in [-0.1, -0.05) is 11.6 Å². The van der Waals surface area contributed by atoms with Crippen LogP contribution in [0.3, 0.4) is 0 Å². The van der Waals surface area contributed by atoms with Gasteiger partial charge in [0.15, 0.2) is 0 Å². The summed E-state index contributed by atoms with van der Waals surface area (Å²) in [6, 6.07) is 3.10. The Balaban J connectivity index is 2.93. The highest BCUT2D eigenvalue weighted by Crippen LogP contribution is 2.15. The van der Waals surface area contributed by atoms with E-state index < -0.39 is 6.09 Å². The molecule has 1 rings (SSSR count). The number of amides is 1. The van der Waals surface area contributed by atoms with Crippen molar-refractivity contribution in [2.75, 3.05) is 5.32 Å². The van der Waals surface area contributed by atoms with Crippen LogP contribution in [0.5, 0.6) is 0 Å². The van der Waals surface area contributed by atoms with E-state index in [1.807, 2.05) is 0 Å². The van der Waals surface area contributed by atoms with Crippen molar-refractivity contribution in [2.45, 2.75) is 6.92 Å². The summed E-state index contributed by atoms with van der Waals surface area (Å²) in [6.45, 7) is 1.68. The summed E-state index contributed by atoms with van der Waals surface area (Å²) in [5.74, 6) is 0. The van der Waals surface area contributed by atoms with E-state index in [1.54, 1.807) is 13.0 Å². The zero-order chi connectivity index (χ0) is 9.14. The fourth-order valence-corrected chi connectivity index (χ4v) is 0.967. The van der Waals surface area contributed by atoms with Crippen LogP contribution < -0.4 is 5.32 Å². The van der Waals surface area contributed by atoms with Gasteiger partial charge >= 0.3 is 6.09 Å². The molecule has 1 amide bonds. The van der Waals surface area contributed by atoms with Gasteiger partial charge in [0.2, 0.25) is 0 Å². The third-order valence-electron chi connectivity index (χ3n) is 1.29. The first-order valence-electron chi connectivity index (χ1n) is 3.22. The first kappa shape index (κ1) is 8.80. The molecule has 1 aromatic rings. The number of hydrogen-bond donors (Lipinski definition) is 2. The summed E-state index contributed by atoms with van der Waals surface area (Å²) in [6.07, 6.45) is -1.11. The Labute approximate surface area is 74.2 Å². The molecule has 0 radical (unpaired) electrons. The van der Waals surface area contributed by atoms with Crippen molar-refractivity contribution < 1.29 is 9.90 Å². The molecule has 4 nitrogen and oxygen atoms in total. The predicted octanol–water partition coefficient (Wildman–Crippen LogP) is 2.13. The number of aryl methyl sites for hydroxylation is 1. The summed E-state index contributed by atoms with van der Waals surface area (Å²) >= 11 is 5.57. The molecule has 0 unspecified atom stereocenters. The molecular weight excluding hydrogens is 180 g/mol. The van der Waals surface area contributed by atoms with E-state index in [2.05, 4.69) is 10.3 Å². The minimum atomic E-state index is -1.11. The van der Waals surface area contributed by atoms with E-state index in [1.165, 1.54) is 6.07 Å². The fraction of sp³-hybridized carbons (Fsp3) is 0.143. The second-order valence-corrected chi connectivity index (χ2v) is 2.58. The lowest BCUT2D eigenvalue weighted by atomic mass is 10.3. The van der Waals surface area contributed by atoms with Crippen LogP contribution in [0.15, 0.2) is 12.1 Å². The van der Waals surface area contributed by atoms with Crippen LogP contribution in [-0.2, 0) is 0 Å².